The lowest BCUT2D eigenvalue weighted by atomic mass is 9.94. The van der Waals surface area contributed by atoms with Gasteiger partial charge in [0, 0.05) is 11.5 Å². The summed E-state index contributed by atoms with van der Waals surface area (Å²) in [7, 11) is 0. The summed E-state index contributed by atoms with van der Waals surface area (Å²) in [6, 6.07) is 19.1. The summed E-state index contributed by atoms with van der Waals surface area (Å²) < 4.78 is 14.3. The molecule has 3 rings (SSSR count). The van der Waals surface area contributed by atoms with Crippen LogP contribution in [0, 0.1) is 25.6 Å². The molecule has 0 saturated heterocycles. The first-order valence-electron chi connectivity index (χ1n) is 10.6. The number of hydrogen-bond donors (Lipinski definition) is 1. The summed E-state index contributed by atoms with van der Waals surface area (Å²) in [6.07, 6.45) is 5.54. The predicted octanol–water partition coefficient (Wildman–Crippen LogP) is 6.41. The number of aliphatic hydroxyl groups excluding tert-OH is 1. The Morgan fingerprint density at radius 2 is 1.68 bits per heavy atom. The van der Waals surface area contributed by atoms with Crippen molar-refractivity contribution in [3.05, 3.63) is 94.3 Å². The lowest BCUT2D eigenvalue weighted by Gasteiger charge is -2.12. The molecule has 0 fully saturated rings. The molecule has 3 aromatic carbocycles. The molecule has 0 aliphatic carbocycles. The van der Waals surface area contributed by atoms with Crippen molar-refractivity contribution < 1.29 is 14.3 Å². The van der Waals surface area contributed by atoms with Crippen molar-refractivity contribution in [3.63, 3.8) is 0 Å². The highest BCUT2D eigenvalue weighted by molar-refractivity contribution is 5.79. The highest BCUT2D eigenvalue weighted by Crippen LogP contribution is 2.29. The molecule has 0 heterocycles. The molecule has 0 radical (unpaired) electrons. The lowest BCUT2D eigenvalue weighted by molar-refractivity contribution is -0.122. The van der Waals surface area contributed by atoms with Gasteiger partial charge in [-0.05, 0) is 73.1 Å². The first kappa shape index (κ1) is 22.6. The van der Waals surface area contributed by atoms with Gasteiger partial charge in [-0.1, -0.05) is 66.7 Å². The molecule has 3 aromatic rings. The molecule has 31 heavy (non-hydrogen) atoms. The van der Waals surface area contributed by atoms with E-state index in [1.54, 1.807) is 12.1 Å². The Labute approximate surface area is 184 Å². The number of benzene rings is 3. The maximum atomic E-state index is 14.3. The van der Waals surface area contributed by atoms with E-state index in [1.807, 2.05) is 31.2 Å². The van der Waals surface area contributed by atoms with Gasteiger partial charge < -0.3 is 5.11 Å². The largest absolute Gasteiger partial charge is 0.396 e. The first-order valence-corrected chi connectivity index (χ1v) is 10.6. The van der Waals surface area contributed by atoms with Gasteiger partial charge in [0.2, 0.25) is 0 Å². The van der Waals surface area contributed by atoms with E-state index >= 15 is 0 Å². The van der Waals surface area contributed by atoms with Crippen molar-refractivity contribution in [2.24, 2.45) is 5.92 Å². The number of rotatable bonds is 8. The fourth-order valence-corrected chi connectivity index (χ4v) is 3.77. The number of halogens is 1. The number of carbonyl (C=O) groups is 1. The number of aryl methyl sites for hydroxylation is 2. The molecule has 1 N–H and O–H groups in total. The molecule has 0 aromatic heterocycles. The van der Waals surface area contributed by atoms with Crippen LogP contribution in [-0.2, 0) is 11.2 Å². The lowest BCUT2D eigenvalue weighted by Crippen LogP contribution is -2.16. The minimum absolute atomic E-state index is 0.0277. The van der Waals surface area contributed by atoms with Gasteiger partial charge in [-0.25, -0.2) is 4.39 Å². The Morgan fingerprint density at radius 3 is 2.39 bits per heavy atom. The van der Waals surface area contributed by atoms with Crippen molar-refractivity contribution in [2.75, 3.05) is 6.61 Å². The van der Waals surface area contributed by atoms with E-state index in [4.69, 9.17) is 0 Å². The van der Waals surface area contributed by atoms with Crippen molar-refractivity contribution in [1.82, 2.24) is 0 Å². The van der Waals surface area contributed by atoms with Gasteiger partial charge in [0.1, 0.15) is 11.6 Å². The average Bonchev–Trinajstić information content (AvgIpc) is 2.75. The molecule has 3 heteroatoms. The van der Waals surface area contributed by atoms with Gasteiger partial charge in [-0.15, -0.1) is 0 Å². The van der Waals surface area contributed by atoms with Gasteiger partial charge in [0.05, 0.1) is 6.61 Å². The summed E-state index contributed by atoms with van der Waals surface area (Å²) in [5.74, 6) is -0.494. The number of hydrogen-bond acceptors (Lipinski definition) is 2. The molecule has 0 amide bonds. The molecule has 1 atom stereocenters. The zero-order valence-corrected chi connectivity index (χ0v) is 18.4. The summed E-state index contributed by atoms with van der Waals surface area (Å²) in [4.78, 5) is 11.6. The molecular formula is C28H29FO2. The van der Waals surface area contributed by atoms with Crippen molar-refractivity contribution >= 4 is 17.9 Å². The van der Waals surface area contributed by atoms with E-state index in [0.29, 0.717) is 12.0 Å². The molecule has 0 aliphatic heterocycles. The predicted molar refractivity (Wildman–Crippen MR) is 126 cm³/mol. The SMILES string of the molecule is CC(=O)C(CO)CCc1ccc(C)c(C=Cc2cccc(-c3ccccc3F)c2C)c1. The normalized spacial score (nSPS) is 12.3. The third-order valence-electron chi connectivity index (χ3n) is 5.90. The fourth-order valence-electron chi connectivity index (χ4n) is 3.77. The smallest absolute Gasteiger partial charge is 0.135 e. The number of aliphatic hydroxyl groups is 1. The second kappa shape index (κ2) is 10.3. The Morgan fingerprint density at radius 1 is 0.968 bits per heavy atom. The van der Waals surface area contributed by atoms with Gasteiger partial charge in [0.25, 0.3) is 0 Å². The first-order chi connectivity index (χ1) is 14.9. The van der Waals surface area contributed by atoms with Crippen LogP contribution >= 0.6 is 0 Å². The third kappa shape index (κ3) is 5.56. The van der Waals surface area contributed by atoms with E-state index in [9.17, 15) is 14.3 Å². The van der Waals surface area contributed by atoms with Crippen LogP contribution in [0.5, 0.6) is 0 Å². The number of carbonyl (C=O) groups excluding carboxylic acids is 1. The van der Waals surface area contributed by atoms with E-state index in [-0.39, 0.29) is 24.1 Å². The maximum absolute atomic E-state index is 14.3. The highest BCUT2D eigenvalue weighted by Gasteiger charge is 2.13. The Balaban J connectivity index is 1.84. The summed E-state index contributed by atoms with van der Waals surface area (Å²) in [5, 5.41) is 9.38. The van der Waals surface area contributed by atoms with Crippen LogP contribution in [0.25, 0.3) is 23.3 Å². The van der Waals surface area contributed by atoms with Gasteiger partial charge in [-0.2, -0.15) is 0 Å². The van der Waals surface area contributed by atoms with Crippen molar-refractivity contribution in [1.29, 1.82) is 0 Å². The second-order valence-electron chi connectivity index (χ2n) is 8.05. The Kier molecular flexibility index (Phi) is 7.54. The minimum Gasteiger partial charge on any atom is -0.396 e. The molecular weight excluding hydrogens is 387 g/mol. The number of ketones is 1. The Hall–Kier alpha value is -3.04. The Bertz CT molecular complexity index is 1100. The maximum Gasteiger partial charge on any atom is 0.135 e. The zero-order valence-electron chi connectivity index (χ0n) is 18.4. The van der Waals surface area contributed by atoms with Crippen LogP contribution < -0.4 is 0 Å². The van der Waals surface area contributed by atoms with Crippen LogP contribution in [0.4, 0.5) is 4.39 Å². The van der Waals surface area contributed by atoms with Crippen LogP contribution in [0.1, 0.15) is 41.2 Å². The van der Waals surface area contributed by atoms with E-state index in [2.05, 4.69) is 37.3 Å². The molecule has 0 spiro atoms. The zero-order chi connectivity index (χ0) is 22.4. The van der Waals surface area contributed by atoms with Crippen LogP contribution in [0.3, 0.4) is 0 Å². The van der Waals surface area contributed by atoms with E-state index in [0.717, 1.165) is 39.8 Å². The summed E-state index contributed by atoms with van der Waals surface area (Å²) in [5.41, 5.74) is 6.99. The molecule has 160 valence electrons. The quantitative estimate of drug-likeness (QED) is 0.431. The minimum atomic E-state index is -0.302. The number of Topliss-reactive ketones (excluding diaryl/α,β-unsaturated/α-hetero) is 1. The molecule has 0 bridgehead atoms. The van der Waals surface area contributed by atoms with E-state index < -0.39 is 0 Å². The molecule has 0 saturated carbocycles. The summed E-state index contributed by atoms with van der Waals surface area (Å²) >= 11 is 0. The third-order valence-corrected chi connectivity index (χ3v) is 5.90. The van der Waals surface area contributed by atoms with E-state index in [1.165, 1.54) is 13.0 Å². The van der Waals surface area contributed by atoms with Crippen LogP contribution in [-0.4, -0.2) is 17.5 Å². The van der Waals surface area contributed by atoms with Crippen molar-refractivity contribution in [2.45, 2.75) is 33.6 Å². The molecule has 1 unspecified atom stereocenters. The second-order valence-corrected chi connectivity index (χ2v) is 8.05. The van der Waals surface area contributed by atoms with Crippen LogP contribution in [0.15, 0.2) is 60.7 Å². The standard InChI is InChI=1S/C28H29FO2/c1-19-11-12-22(13-14-25(18-30)21(3)31)17-24(19)16-15-23-7-6-9-26(20(23)2)27-8-4-5-10-28(27)29/h4-12,15-17,25,30H,13-14,18H2,1-3H3. The average molecular weight is 417 g/mol. The van der Waals surface area contributed by atoms with Crippen LogP contribution in [0.2, 0.25) is 0 Å². The summed E-state index contributed by atoms with van der Waals surface area (Å²) in [6.45, 7) is 5.51. The van der Waals surface area contributed by atoms with Gasteiger partial charge in [0.15, 0.2) is 0 Å². The van der Waals surface area contributed by atoms with Gasteiger partial charge in [-0.3, -0.25) is 4.79 Å². The monoisotopic (exact) mass is 416 g/mol. The fraction of sp³-hybridized carbons (Fsp3) is 0.250. The highest BCUT2D eigenvalue weighted by atomic mass is 19.1. The topological polar surface area (TPSA) is 37.3 Å². The molecule has 2 nitrogen and oxygen atoms in total. The molecule has 0 aliphatic rings. The van der Waals surface area contributed by atoms with Gasteiger partial charge >= 0.3 is 0 Å². The van der Waals surface area contributed by atoms with Crippen molar-refractivity contribution in [3.8, 4) is 11.1 Å².